The topological polar surface area (TPSA) is 37.8 Å². The van der Waals surface area contributed by atoms with Crippen LogP contribution in [0, 0.1) is 5.95 Å². The van der Waals surface area contributed by atoms with Crippen molar-refractivity contribution < 1.29 is 4.39 Å². The molecule has 1 heterocycles. The van der Waals surface area contributed by atoms with Crippen molar-refractivity contribution in [3.8, 4) is 0 Å². The first kappa shape index (κ1) is 12.5. The van der Waals surface area contributed by atoms with E-state index in [2.05, 4.69) is 34.3 Å². The number of nitrogens with one attached hydrogen (secondary N) is 1. The molecular weight excluding hydrogens is 229 g/mol. The lowest BCUT2D eigenvalue weighted by atomic mass is 10.1. The van der Waals surface area contributed by atoms with E-state index < -0.39 is 5.95 Å². The maximum atomic E-state index is 12.9. The van der Waals surface area contributed by atoms with E-state index >= 15 is 0 Å². The summed E-state index contributed by atoms with van der Waals surface area (Å²) < 4.78 is 12.9. The Morgan fingerprint density at radius 3 is 2.61 bits per heavy atom. The van der Waals surface area contributed by atoms with E-state index in [1.165, 1.54) is 30.8 Å². The van der Waals surface area contributed by atoms with Gasteiger partial charge in [0.1, 0.15) is 12.1 Å². The lowest BCUT2D eigenvalue weighted by molar-refractivity contribution is 0.580. The van der Waals surface area contributed by atoms with E-state index in [1.807, 2.05) is 12.1 Å². The van der Waals surface area contributed by atoms with Crippen LogP contribution < -0.4 is 5.32 Å². The van der Waals surface area contributed by atoms with Crippen molar-refractivity contribution in [3.63, 3.8) is 0 Å². The van der Waals surface area contributed by atoms with Gasteiger partial charge in [-0.25, -0.2) is 9.97 Å². The zero-order chi connectivity index (χ0) is 12.8. The Bertz CT molecular complexity index is 497. The first-order valence-corrected chi connectivity index (χ1v) is 6.11. The van der Waals surface area contributed by atoms with Gasteiger partial charge < -0.3 is 5.32 Å². The monoisotopic (exact) mass is 245 g/mol. The SMILES string of the molecule is CCCCc1ccc(Nc2cc(F)ncn2)cc1. The highest BCUT2D eigenvalue weighted by atomic mass is 19.1. The summed E-state index contributed by atoms with van der Waals surface area (Å²) in [5, 5.41) is 3.04. The third-order valence-corrected chi connectivity index (χ3v) is 2.68. The second-order valence-electron chi connectivity index (χ2n) is 4.15. The molecule has 18 heavy (non-hydrogen) atoms. The fraction of sp³-hybridized carbons (Fsp3) is 0.286. The van der Waals surface area contributed by atoms with Gasteiger partial charge in [0.15, 0.2) is 0 Å². The minimum Gasteiger partial charge on any atom is -0.340 e. The van der Waals surface area contributed by atoms with Gasteiger partial charge in [-0.15, -0.1) is 0 Å². The van der Waals surface area contributed by atoms with Gasteiger partial charge in [-0.05, 0) is 30.5 Å². The van der Waals surface area contributed by atoms with Crippen molar-refractivity contribution in [1.82, 2.24) is 9.97 Å². The van der Waals surface area contributed by atoms with Gasteiger partial charge in [0.25, 0.3) is 0 Å². The van der Waals surface area contributed by atoms with E-state index in [4.69, 9.17) is 0 Å². The molecule has 0 amide bonds. The van der Waals surface area contributed by atoms with Crippen molar-refractivity contribution in [3.05, 3.63) is 48.2 Å². The van der Waals surface area contributed by atoms with Crippen molar-refractivity contribution in [1.29, 1.82) is 0 Å². The summed E-state index contributed by atoms with van der Waals surface area (Å²) in [7, 11) is 0. The van der Waals surface area contributed by atoms with Crippen LogP contribution in [0.4, 0.5) is 15.9 Å². The lowest BCUT2D eigenvalue weighted by Gasteiger charge is -2.06. The van der Waals surface area contributed by atoms with E-state index in [1.54, 1.807) is 0 Å². The van der Waals surface area contributed by atoms with Crippen LogP contribution in [0.5, 0.6) is 0 Å². The van der Waals surface area contributed by atoms with Crippen LogP contribution in [0.3, 0.4) is 0 Å². The average Bonchev–Trinajstić information content (AvgIpc) is 2.38. The number of hydrogen-bond acceptors (Lipinski definition) is 3. The molecule has 0 unspecified atom stereocenters. The number of aryl methyl sites for hydroxylation is 1. The normalized spacial score (nSPS) is 10.3. The standard InChI is InChI=1S/C14H16FN3/c1-2-3-4-11-5-7-12(8-6-11)18-14-9-13(15)16-10-17-14/h5-10H,2-4H2,1H3,(H,16,17,18). The molecule has 0 radical (unpaired) electrons. The van der Waals surface area contributed by atoms with Gasteiger partial charge in [0.2, 0.25) is 5.95 Å². The Kier molecular flexibility index (Phi) is 4.23. The average molecular weight is 245 g/mol. The number of anilines is 2. The number of aromatic nitrogens is 2. The first-order chi connectivity index (χ1) is 8.78. The predicted molar refractivity (Wildman–Crippen MR) is 70.3 cm³/mol. The van der Waals surface area contributed by atoms with Crippen LogP contribution >= 0.6 is 0 Å². The molecule has 94 valence electrons. The predicted octanol–water partition coefficient (Wildman–Crippen LogP) is 3.70. The van der Waals surface area contributed by atoms with Crippen molar-refractivity contribution >= 4 is 11.5 Å². The minimum atomic E-state index is -0.535. The molecule has 1 N–H and O–H groups in total. The largest absolute Gasteiger partial charge is 0.340 e. The molecule has 0 aliphatic carbocycles. The lowest BCUT2D eigenvalue weighted by Crippen LogP contribution is -1.96. The van der Waals surface area contributed by atoms with Crippen molar-refractivity contribution in [2.75, 3.05) is 5.32 Å². The Balaban J connectivity index is 2.02. The van der Waals surface area contributed by atoms with Gasteiger partial charge in [0, 0.05) is 11.8 Å². The smallest absolute Gasteiger partial charge is 0.218 e. The molecule has 0 fully saturated rings. The van der Waals surface area contributed by atoms with Crippen LogP contribution in [0.2, 0.25) is 0 Å². The van der Waals surface area contributed by atoms with E-state index in [0.717, 1.165) is 12.1 Å². The summed E-state index contributed by atoms with van der Waals surface area (Å²) in [6.45, 7) is 2.18. The number of rotatable bonds is 5. The second kappa shape index (κ2) is 6.10. The molecule has 0 atom stereocenters. The highest BCUT2D eigenvalue weighted by Crippen LogP contribution is 2.16. The molecule has 2 rings (SSSR count). The van der Waals surface area contributed by atoms with E-state index in [9.17, 15) is 4.39 Å². The summed E-state index contributed by atoms with van der Waals surface area (Å²) in [6.07, 6.45) is 4.69. The molecule has 0 aliphatic rings. The number of unbranched alkanes of at least 4 members (excludes halogenated alkanes) is 1. The van der Waals surface area contributed by atoms with Gasteiger partial charge in [0.05, 0.1) is 0 Å². The molecule has 0 spiro atoms. The van der Waals surface area contributed by atoms with E-state index in [0.29, 0.717) is 5.82 Å². The summed E-state index contributed by atoms with van der Waals surface area (Å²) in [5.41, 5.74) is 2.21. The van der Waals surface area contributed by atoms with Crippen LogP contribution in [0.25, 0.3) is 0 Å². The Labute approximate surface area is 106 Å². The van der Waals surface area contributed by atoms with E-state index in [-0.39, 0.29) is 0 Å². The summed E-state index contributed by atoms with van der Waals surface area (Å²) in [6, 6.07) is 9.38. The molecule has 2 aromatic rings. The zero-order valence-corrected chi connectivity index (χ0v) is 10.4. The quantitative estimate of drug-likeness (QED) is 0.816. The summed E-state index contributed by atoms with van der Waals surface area (Å²) >= 11 is 0. The number of halogens is 1. The number of nitrogens with zero attached hydrogens (tertiary/aromatic N) is 2. The Hall–Kier alpha value is -1.97. The van der Waals surface area contributed by atoms with Gasteiger partial charge in [-0.2, -0.15) is 4.39 Å². The molecule has 0 saturated heterocycles. The Morgan fingerprint density at radius 2 is 1.94 bits per heavy atom. The molecule has 0 saturated carbocycles. The molecular formula is C14H16FN3. The maximum Gasteiger partial charge on any atom is 0.218 e. The number of benzene rings is 1. The second-order valence-corrected chi connectivity index (χ2v) is 4.15. The van der Waals surface area contributed by atoms with Crippen molar-refractivity contribution in [2.24, 2.45) is 0 Å². The van der Waals surface area contributed by atoms with Gasteiger partial charge >= 0.3 is 0 Å². The first-order valence-electron chi connectivity index (χ1n) is 6.11. The van der Waals surface area contributed by atoms with Gasteiger partial charge in [-0.3, -0.25) is 0 Å². The summed E-state index contributed by atoms with van der Waals surface area (Å²) in [5.74, 6) is -0.0733. The van der Waals surface area contributed by atoms with Crippen LogP contribution in [-0.4, -0.2) is 9.97 Å². The fourth-order valence-corrected chi connectivity index (χ4v) is 1.69. The highest BCUT2D eigenvalue weighted by molar-refractivity contribution is 5.55. The van der Waals surface area contributed by atoms with Crippen molar-refractivity contribution in [2.45, 2.75) is 26.2 Å². The molecule has 3 nitrogen and oxygen atoms in total. The third-order valence-electron chi connectivity index (χ3n) is 2.68. The third kappa shape index (κ3) is 3.52. The fourth-order valence-electron chi connectivity index (χ4n) is 1.69. The molecule has 4 heteroatoms. The molecule has 0 bridgehead atoms. The van der Waals surface area contributed by atoms with Crippen LogP contribution in [0.1, 0.15) is 25.3 Å². The molecule has 1 aromatic heterocycles. The van der Waals surface area contributed by atoms with Gasteiger partial charge in [-0.1, -0.05) is 25.5 Å². The molecule has 1 aromatic carbocycles. The molecule has 0 aliphatic heterocycles. The van der Waals surface area contributed by atoms with Crippen LogP contribution in [-0.2, 0) is 6.42 Å². The minimum absolute atomic E-state index is 0.462. The number of hydrogen-bond donors (Lipinski definition) is 1. The maximum absolute atomic E-state index is 12.9. The van der Waals surface area contributed by atoms with Crippen LogP contribution in [0.15, 0.2) is 36.7 Å². The Morgan fingerprint density at radius 1 is 1.17 bits per heavy atom. The zero-order valence-electron chi connectivity index (χ0n) is 10.4. The summed E-state index contributed by atoms with van der Waals surface area (Å²) in [4.78, 5) is 7.36. The highest BCUT2D eigenvalue weighted by Gasteiger charge is 1.99.